The van der Waals surface area contributed by atoms with Crippen molar-refractivity contribution in [2.75, 3.05) is 6.61 Å². The van der Waals surface area contributed by atoms with Crippen molar-refractivity contribution in [2.45, 2.75) is 13.0 Å². The maximum Gasteiger partial charge on any atom is 0.258 e. The smallest absolute Gasteiger partial charge is 0.258 e. The number of amides is 1. The molecule has 2 rings (SSSR count). The molecule has 116 valence electrons. The molecule has 22 heavy (non-hydrogen) atoms. The van der Waals surface area contributed by atoms with Crippen LogP contribution in [0.1, 0.15) is 18.5 Å². The van der Waals surface area contributed by atoms with Crippen LogP contribution in [-0.2, 0) is 4.79 Å². The van der Waals surface area contributed by atoms with Crippen LogP contribution in [0.3, 0.4) is 0 Å². The van der Waals surface area contributed by atoms with Gasteiger partial charge in [0.1, 0.15) is 5.75 Å². The van der Waals surface area contributed by atoms with E-state index in [1.54, 1.807) is 31.2 Å². The van der Waals surface area contributed by atoms with Crippen LogP contribution in [0.15, 0.2) is 46.9 Å². The number of carbonyl (C=O) groups is 1. The molecule has 2 aromatic rings. The average Bonchev–Trinajstić information content (AvgIpc) is 2.49. The van der Waals surface area contributed by atoms with E-state index in [1.165, 1.54) is 6.07 Å². The highest BCUT2D eigenvalue weighted by molar-refractivity contribution is 9.10. The lowest BCUT2D eigenvalue weighted by Gasteiger charge is -2.15. The fourth-order valence-electron chi connectivity index (χ4n) is 1.83. The Hall–Kier alpha value is -1.95. The Bertz CT molecular complexity index is 662. The standard InChI is InChI=1S/C16H14BrF2NO2/c1-10(11-2-7-14(18)15(19)8-11)20-16(21)9-22-13-5-3-12(17)4-6-13/h2-8,10H,9H2,1H3,(H,20,21). The summed E-state index contributed by atoms with van der Waals surface area (Å²) in [5.41, 5.74) is 0.482. The van der Waals surface area contributed by atoms with Crippen molar-refractivity contribution in [3.05, 3.63) is 64.1 Å². The largest absolute Gasteiger partial charge is 0.484 e. The van der Waals surface area contributed by atoms with Crippen LogP contribution in [0.2, 0.25) is 0 Å². The normalized spacial score (nSPS) is 11.8. The summed E-state index contributed by atoms with van der Waals surface area (Å²) in [6.07, 6.45) is 0. The number of halogens is 3. The zero-order valence-electron chi connectivity index (χ0n) is 11.8. The van der Waals surface area contributed by atoms with Crippen molar-refractivity contribution >= 4 is 21.8 Å². The van der Waals surface area contributed by atoms with E-state index in [2.05, 4.69) is 21.2 Å². The Morgan fingerprint density at radius 1 is 1.18 bits per heavy atom. The van der Waals surface area contributed by atoms with E-state index >= 15 is 0 Å². The monoisotopic (exact) mass is 369 g/mol. The lowest BCUT2D eigenvalue weighted by Crippen LogP contribution is -2.31. The molecule has 0 saturated heterocycles. The minimum atomic E-state index is -0.940. The summed E-state index contributed by atoms with van der Waals surface area (Å²) in [6, 6.07) is 10.2. The molecule has 1 atom stereocenters. The van der Waals surface area contributed by atoms with Gasteiger partial charge in [-0.15, -0.1) is 0 Å². The number of carbonyl (C=O) groups excluding carboxylic acids is 1. The molecule has 0 saturated carbocycles. The van der Waals surface area contributed by atoms with Crippen molar-refractivity contribution in [1.82, 2.24) is 5.32 Å². The molecule has 0 aromatic heterocycles. The minimum Gasteiger partial charge on any atom is -0.484 e. The number of rotatable bonds is 5. The first-order valence-electron chi connectivity index (χ1n) is 6.58. The van der Waals surface area contributed by atoms with Crippen molar-refractivity contribution in [2.24, 2.45) is 0 Å². The van der Waals surface area contributed by atoms with Crippen molar-refractivity contribution in [3.63, 3.8) is 0 Å². The second-order valence-corrected chi connectivity index (χ2v) is 5.62. The maximum absolute atomic E-state index is 13.2. The molecule has 0 spiro atoms. The van der Waals surface area contributed by atoms with Crippen molar-refractivity contribution in [3.8, 4) is 5.75 Å². The van der Waals surface area contributed by atoms with Gasteiger partial charge in [0, 0.05) is 4.47 Å². The van der Waals surface area contributed by atoms with E-state index in [-0.39, 0.29) is 12.5 Å². The van der Waals surface area contributed by atoms with Gasteiger partial charge in [-0.1, -0.05) is 22.0 Å². The zero-order valence-corrected chi connectivity index (χ0v) is 13.4. The predicted molar refractivity (Wildman–Crippen MR) is 82.6 cm³/mol. The Labute approximate surface area is 135 Å². The minimum absolute atomic E-state index is 0.157. The van der Waals surface area contributed by atoms with Gasteiger partial charge in [0.05, 0.1) is 6.04 Å². The Kier molecular flexibility index (Phi) is 5.49. The number of ether oxygens (including phenoxy) is 1. The van der Waals surface area contributed by atoms with Gasteiger partial charge in [-0.05, 0) is 48.9 Å². The van der Waals surface area contributed by atoms with Gasteiger partial charge in [-0.3, -0.25) is 4.79 Å². The number of nitrogens with one attached hydrogen (secondary N) is 1. The maximum atomic E-state index is 13.2. The van der Waals surface area contributed by atoms with E-state index in [1.807, 2.05) is 0 Å². The number of hydrogen-bond acceptors (Lipinski definition) is 2. The Morgan fingerprint density at radius 2 is 1.86 bits per heavy atom. The summed E-state index contributed by atoms with van der Waals surface area (Å²) < 4.78 is 32.3. The first-order chi connectivity index (χ1) is 10.5. The van der Waals surface area contributed by atoms with Crippen LogP contribution in [0.25, 0.3) is 0 Å². The molecule has 0 heterocycles. The number of benzene rings is 2. The molecule has 0 radical (unpaired) electrons. The first-order valence-corrected chi connectivity index (χ1v) is 7.37. The molecule has 0 bridgehead atoms. The van der Waals surface area contributed by atoms with Gasteiger partial charge in [0.25, 0.3) is 5.91 Å². The summed E-state index contributed by atoms with van der Waals surface area (Å²) in [5.74, 6) is -1.63. The van der Waals surface area contributed by atoms with Crippen LogP contribution in [-0.4, -0.2) is 12.5 Å². The zero-order chi connectivity index (χ0) is 16.1. The molecule has 6 heteroatoms. The third-order valence-electron chi connectivity index (χ3n) is 3.00. The van der Waals surface area contributed by atoms with Crippen molar-refractivity contribution in [1.29, 1.82) is 0 Å². The quantitative estimate of drug-likeness (QED) is 0.865. The predicted octanol–water partition coefficient (Wildman–Crippen LogP) is 3.98. The van der Waals surface area contributed by atoms with E-state index in [9.17, 15) is 13.6 Å². The summed E-state index contributed by atoms with van der Waals surface area (Å²) in [4.78, 5) is 11.8. The van der Waals surface area contributed by atoms with Gasteiger partial charge in [-0.2, -0.15) is 0 Å². The molecule has 2 aromatic carbocycles. The number of hydrogen-bond donors (Lipinski definition) is 1. The fraction of sp³-hybridized carbons (Fsp3) is 0.188. The van der Waals surface area contributed by atoms with Crippen LogP contribution in [0.4, 0.5) is 8.78 Å². The first kappa shape index (κ1) is 16.4. The lowest BCUT2D eigenvalue weighted by molar-refractivity contribution is -0.123. The van der Waals surface area contributed by atoms with E-state index in [0.29, 0.717) is 11.3 Å². The summed E-state index contributed by atoms with van der Waals surface area (Å²) in [7, 11) is 0. The molecule has 1 N–H and O–H groups in total. The molecule has 0 aliphatic rings. The van der Waals surface area contributed by atoms with Gasteiger partial charge in [-0.25, -0.2) is 8.78 Å². The molecular formula is C16H14BrF2NO2. The molecule has 0 fully saturated rings. The topological polar surface area (TPSA) is 38.3 Å². The van der Waals surface area contributed by atoms with Crippen molar-refractivity contribution < 1.29 is 18.3 Å². The second kappa shape index (κ2) is 7.35. The third kappa shape index (κ3) is 4.53. The lowest BCUT2D eigenvalue weighted by atomic mass is 10.1. The highest BCUT2D eigenvalue weighted by Crippen LogP contribution is 2.17. The van der Waals surface area contributed by atoms with E-state index in [4.69, 9.17) is 4.74 Å². The molecule has 0 aliphatic heterocycles. The van der Waals surface area contributed by atoms with Gasteiger partial charge in [0.15, 0.2) is 18.2 Å². The molecule has 3 nitrogen and oxygen atoms in total. The molecular weight excluding hydrogens is 356 g/mol. The molecule has 0 aliphatic carbocycles. The van der Waals surface area contributed by atoms with Crippen LogP contribution >= 0.6 is 15.9 Å². The van der Waals surface area contributed by atoms with Gasteiger partial charge in [0.2, 0.25) is 0 Å². The molecule has 1 amide bonds. The summed E-state index contributed by atoms with van der Waals surface area (Å²) in [6.45, 7) is 1.53. The third-order valence-corrected chi connectivity index (χ3v) is 3.53. The van der Waals surface area contributed by atoms with Gasteiger partial charge < -0.3 is 10.1 Å². The highest BCUT2D eigenvalue weighted by atomic mass is 79.9. The van der Waals surface area contributed by atoms with E-state index < -0.39 is 17.7 Å². The van der Waals surface area contributed by atoms with E-state index in [0.717, 1.165) is 16.6 Å². The van der Waals surface area contributed by atoms with Gasteiger partial charge >= 0.3 is 0 Å². The van der Waals surface area contributed by atoms with Crippen LogP contribution in [0.5, 0.6) is 5.75 Å². The Morgan fingerprint density at radius 3 is 2.50 bits per heavy atom. The summed E-state index contributed by atoms with van der Waals surface area (Å²) >= 11 is 3.30. The Balaban J connectivity index is 1.88. The van der Waals surface area contributed by atoms with Crippen LogP contribution in [0, 0.1) is 11.6 Å². The highest BCUT2D eigenvalue weighted by Gasteiger charge is 2.12. The molecule has 1 unspecified atom stereocenters. The average molecular weight is 370 g/mol. The SMILES string of the molecule is CC(NC(=O)COc1ccc(Br)cc1)c1ccc(F)c(F)c1. The fourth-order valence-corrected chi connectivity index (χ4v) is 2.09. The second-order valence-electron chi connectivity index (χ2n) is 4.71. The summed E-state index contributed by atoms with van der Waals surface area (Å²) in [5, 5.41) is 2.66. The van der Waals surface area contributed by atoms with Crippen LogP contribution < -0.4 is 10.1 Å².